The number of nitrogens with two attached hydrogens (primary N) is 1. The Balaban J connectivity index is 2.18. The van der Waals surface area contributed by atoms with Crippen LogP contribution < -0.4 is 5.73 Å². The van der Waals surface area contributed by atoms with Gasteiger partial charge in [-0.15, -0.1) is 11.3 Å². The first-order valence-electron chi connectivity index (χ1n) is 6.45. The van der Waals surface area contributed by atoms with E-state index in [1.165, 1.54) is 0 Å². The summed E-state index contributed by atoms with van der Waals surface area (Å²) in [5.74, 6) is 0. The van der Waals surface area contributed by atoms with Crippen molar-refractivity contribution in [2.24, 2.45) is 11.1 Å². The van der Waals surface area contributed by atoms with E-state index in [9.17, 15) is 0 Å². The van der Waals surface area contributed by atoms with Crippen molar-refractivity contribution in [1.29, 1.82) is 0 Å². The average Bonchev–Trinajstić information content (AvgIpc) is 2.76. The van der Waals surface area contributed by atoms with Gasteiger partial charge in [0.25, 0.3) is 0 Å². The van der Waals surface area contributed by atoms with Gasteiger partial charge in [0.15, 0.2) is 0 Å². The van der Waals surface area contributed by atoms with Crippen molar-refractivity contribution in [2.45, 2.75) is 51.2 Å². The standard InChI is InChI=1S/C14H22ClNOS/c1-13(2)6-8-14(17-3,9-7-13)12(16)10-4-5-11(15)18-10/h4-5,12H,6-9,16H2,1-3H3. The van der Waals surface area contributed by atoms with E-state index in [0.717, 1.165) is 34.9 Å². The molecule has 0 aliphatic heterocycles. The lowest BCUT2D eigenvalue weighted by molar-refractivity contribution is -0.0787. The monoisotopic (exact) mass is 287 g/mol. The van der Waals surface area contributed by atoms with Crippen LogP contribution in [0.2, 0.25) is 4.34 Å². The van der Waals surface area contributed by atoms with E-state index in [1.807, 2.05) is 12.1 Å². The summed E-state index contributed by atoms with van der Waals surface area (Å²) in [7, 11) is 1.79. The SMILES string of the molecule is COC1(C(N)c2ccc(Cl)s2)CCC(C)(C)CC1. The van der Waals surface area contributed by atoms with Gasteiger partial charge < -0.3 is 10.5 Å². The van der Waals surface area contributed by atoms with Crippen LogP contribution in [0.3, 0.4) is 0 Å². The maximum absolute atomic E-state index is 6.44. The van der Waals surface area contributed by atoms with Gasteiger partial charge in [-0.1, -0.05) is 25.4 Å². The molecule has 1 saturated carbocycles. The molecule has 4 heteroatoms. The first-order valence-corrected chi connectivity index (χ1v) is 7.64. The number of methoxy groups -OCH3 is 1. The molecule has 0 radical (unpaired) electrons. The normalized spacial score (nSPS) is 23.8. The average molecular weight is 288 g/mol. The highest BCUT2D eigenvalue weighted by Gasteiger charge is 2.43. The highest BCUT2D eigenvalue weighted by molar-refractivity contribution is 7.16. The molecule has 1 aromatic heterocycles. The third-order valence-electron chi connectivity index (χ3n) is 4.32. The molecule has 1 aliphatic carbocycles. The van der Waals surface area contributed by atoms with Gasteiger partial charge in [-0.05, 0) is 43.2 Å². The molecular weight excluding hydrogens is 266 g/mol. The van der Waals surface area contributed by atoms with Gasteiger partial charge in [-0.3, -0.25) is 0 Å². The van der Waals surface area contributed by atoms with E-state index in [1.54, 1.807) is 18.4 Å². The second-order valence-corrected chi connectivity index (χ2v) is 7.80. The Morgan fingerprint density at radius 2 is 1.89 bits per heavy atom. The quantitative estimate of drug-likeness (QED) is 0.895. The first-order chi connectivity index (χ1) is 8.38. The lowest BCUT2D eigenvalue weighted by atomic mass is 9.68. The van der Waals surface area contributed by atoms with Crippen molar-refractivity contribution in [3.63, 3.8) is 0 Å². The third-order valence-corrected chi connectivity index (χ3v) is 5.64. The van der Waals surface area contributed by atoms with Crippen molar-refractivity contribution in [3.05, 3.63) is 21.3 Å². The molecule has 1 unspecified atom stereocenters. The zero-order chi connectivity index (χ0) is 13.4. The molecule has 102 valence electrons. The largest absolute Gasteiger partial charge is 0.376 e. The fourth-order valence-corrected chi connectivity index (χ4v) is 3.92. The molecule has 1 aliphatic rings. The Bertz CT molecular complexity index is 406. The van der Waals surface area contributed by atoms with Crippen LogP contribution in [0.25, 0.3) is 0 Å². The topological polar surface area (TPSA) is 35.2 Å². The second kappa shape index (κ2) is 5.12. The fourth-order valence-electron chi connectivity index (χ4n) is 2.75. The Labute approximate surface area is 118 Å². The zero-order valence-electron chi connectivity index (χ0n) is 11.3. The number of thiophene rings is 1. The van der Waals surface area contributed by atoms with Gasteiger partial charge in [-0.25, -0.2) is 0 Å². The predicted octanol–water partition coefficient (Wildman–Crippen LogP) is 4.39. The van der Waals surface area contributed by atoms with E-state index in [2.05, 4.69) is 13.8 Å². The van der Waals surface area contributed by atoms with Crippen molar-refractivity contribution >= 4 is 22.9 Å². The van der Waals surface area contributed by atoms with Crippen LogP contribution in [0.5, 0.6) is 0 Å². The van der Waals surface area contributed by atoms with Gasteiger partial charge in [0.2, 0.25) is 0 Å². The number of hydrogen-bond donors (Lipinski definition) is 1. The lowest BCUT2D eigenvalue weighted by Crippen LogP contribution is -2.47. The fraction of sp³-hybridized carbons (Fsp3) is 0.714. The Morgan fingerprint density at radius 1 is 1.28 bits per heavy atom. The molecule has 1 fully saturated rings. The molecule has 1 aromatic rings. The molecule has 0 aromatic carbocycles. The van der Waals surface area contributed by atoms with E-state index in [0.29, 0.717) is 5.41 Å². The smallest absolute Gasteiger partial charge is 0.0931 e. The van der Waals surface area contributed by atoms with Crippen LogP contribution in [0.15, 0.2) is 12.1 Å². The molecule has 0 bridgehead atoms. The minimum absolute atomic E-state index is 0.0731. The first kappa shape index (κ1) is 14.3. The van der Waals surface area contributed by atoms with Gasteiger partial charge in [-0.2, -0.15) is 0 Å². The maximum Gasteiger partial charge on any atom is 0.0931 e. The summed E-state index contributed by atoms with van der Waals surface area (Å²) in [4.78, 5) is 1.13. The summed E-state index contributed by atoms with van der Waals surface area (Å²) >= 11 is 7.56. The minimum Gasteiger partial charge on any atom is -0.376 e. The van der Waals surface area contributed by atoms with Crippen LogP contribution in [-0.2, 0) is 4.74 Å². The van der Waals surface area contributed by atoms with E-state index >= 15 is 0 Å². The van der Waals surface area contributed by atoms with Crippen LogP contribution in [-0.4, -0.2) is 12.7 Å². The molecule has 0 amide bonds. The summed E-state index contributed by atoms with van der Waals surface area (Å²) in [5.41, 5.74) is 6.64. The lowest BCUT2D eigenvalue weighted by Gasteiger charge is -2.45. The van der Waals surface area contributed by atoms with E-state index in [-0.39, 0.29) is 11.6 Å². The molecule has 18 heavy (non-hydrogen) atoms. The summed E-state index contributed by atoms with van der Waals surface area (Å²) < 4.78 is 6.63. The Hall–Kier alpha value is -0.0900. The molecule has 1 heterocycles. The summed E-state index contributed by atoms with van der Waals surface area (Å²) in [6, 6.07) is 3.87. The molecule has 0 saturated heterocycles. The summed E-state index contributed by atoms with van der Waals surface area (Å²) in [5, 5.41) is 0. The van der Waals surface area contributed by atoms with Crippen LogP contribution in [0, 0.1) is 5.41 Å². The predicted molar refractivity (Wildman–Crippen MR) is 78.2 cm³/mol. The molecule has 2 rings (SSSR count). The number of hydrogen-bond acceptors (Lipinski definition) is 3. The van der Waals surface area contributed by atoms with Gasteiger partial charge in [0.05, 0.1) is 16.0 Å². The number of halogens is 1. The van der Waals surface area contributed by atoms with E-state index in [4.69, 9.17) is 22.1 Å². The van der Waals surface area contributed by atoms with Crippen molar-refractivity contribution in [2.75, 3.05) is 7.11 Å². The summed E-state index contributed by atoms with van der Waals surface area (Å²) in [6.07, 6.45) is 4.36. The summed E-state index contributed by atoms with van der Waals surface area (Å²) in [6.45, 7) is 4.64. The van der Waals surface area contributed by atoms with Gasteiger partial charge in [0.1, 0.15) is 0 Å². The Kier molecular flexibility index (Phi) is 4.07. The Morgan fingerprint density at radius 3 is 2.33 bits per heavy atom. The second-order valence-electron chi connectivity index (χ2n) is 6.05. The van der Waals surface area contributed by atoms with Crippen molar-refractivity contribution in [1.82, 2.24) is 0 Å². The van der Waals surface area contributed by atoms with Gasteiger partial charge >= 0.3 is 0 Å². The molecule has 1 atom stereocenters. The van der Waals surface area contributed by atoms with Crippen LogP contribution in [0.4, 0.5) is 0 Å². The number of rotatable bonds is 3. The highest BCUT2D eigenvalue weighted by atomic mass is 35.5. The highest BCUT2D eigenvalue weighted by Crippen LogP contribution is 2.47. The van der Waals surface area contributed by atoms with Crippen LogP contribution >= 0.6 is 22.9 Å². The van der Waals surface area contributed by atoms with Crippen LogP contribution in [0.1, 0.15) is 50.4 Å². The van der Waals surface area contributed by atoms with Gasteiger partial charge in [0, 0.05) is 12.0 Å². The molecule has 0 spiro atoms. The molecular formula is C14H22ClNOS. The van der Waals surface area contributed by atoms with E-state index < -0.39 is 0 Å². The third kappa shape index (κ3) is 2.74. The molecule has 2 N–H and O–H groups in total. The molecule has 2 nitrogen and oxygen atoms in total. The minimum atomic E-state index is -0.219. The van der Waals surface area contributed by atoms with Crippen molar-refractivity contribution in [3.8, 4) is 0 Å². The maximum atomic E-state index is 6.44. The van der Waals surface area contributed by atoms with Crippen molar-refractivity contribution < 1.29 is 4.74 Å². The number of ether oxygens (including phenoxy) is 1. The zero-order valence-corrected chi connectivity index (χ0v) is 12.9.